The van der Waals surface area contributed by atoms with Gasteiger partial charge in [-0.15, -0.1) is 0 Å². The van der Waals surface area contributed by atoms with Gasteiger partial charge in [0.15, 0.2) is 0 Å². The number of rotatable bonds is 5. The Morgan fingerprint density at radius 3 is 2.53 bits per heavy atom. The van der Waals surface area contributed by atoms with E-state index < -0.39 is 0 Å². The van der Waals surface area contributed by atoms with Crippen molar-refractivity contribution >= 4 is 11.8 Å². The quantitative estimate of drug-likeness (QED) is 0.716. The van der Waals surface area contributed by atoms with Crippen LogP contribution >= 0.6 is 0 Å². The summed E-state index contributed by atoms with van der Waals surface area (Å²) in [6, 6.07) is 0.294. The molecule has 0 unspecified atom stereocenters. The van der Waals surface area contributed by atoms with Crippen LogP contribution in [0.25, 0.3) is 0 Å². The lowest BCUT2D eigenvalue weighted by Crippen LogP contribution is -2.43. The van der Waals surface area contributed by atoms with E-state index >= 15 is 0 Å². The van der Waals surface area contributed by atoms with Crippen molar-refractivity contribution in [3.63, 3.8) is 0 Å². The highest BCUT2D eigenvalue weighted by Crippen LogP contribution is 2.09. The van der Waals surface area contributed by atoms with Crippen LogP contribution in [0.2, 0.25) is 0 Å². The van der Waals surface area contributed by atoms with Gasteiger partial charge in [-0.05, 0) is 39.4 Å². The van der Waals surface area contributed by atoms with Crippen molar-refractivity contribution in [1.29, 1.82) is 0 Å². The number of hydrogen-bond donors (Lipinski definition) is 2. The highest BCUT2D eigenvalue weighted by atomic mass is 16.2. The number of amides is 2. The minimum Gasteiger partial charge on any atom is -0.369 e. The minimum absolute atomic E-state index is 0.0349. The Morgan fingerprint density at radius 1 is 1.41 bits per heavy atom. The zero-order chi connectivity index (χ0) is 12.8. The summed E-state index contributed by atoms with van der Waals surface area (Å²) >= 11 is 0. The first-order valence-corrected chi connectivity index (χ1v) is 6.26. The lowest BCUT2D eigenvalue weighted by Gasteiger charge is -2.29. The Morgan fingerprint density at radius 2 is 2.00 bits per heavy atom. The predicted octanol–water partition coefficient (Wildman–Crippen LogP) is 0.0984. The molecule has 5 nitrogen and oxygen atoms in total. The molecule has 5 heteroatoms. The van der Waals surface area contributed by atoms with Gasteiger partial charge >= 0.3 is 0 Å². The van der Waals surface area contributed by atoms with Gasteiger partial charge in [-0.25, -0.2) is 0 Å². The van der Waals surface area contributed by atoms with Crippen LogP contribution in [-0.4, -0.2) is 42.9 Å². The molecule has 1 heterocycles. The van der Waals surface area contributed by atoms with Crippen LogP contribution in [0.15, 0.2) is 0 Å². The summed E-state index contributed by atoms with van der Waals surface area (Å²) in [4.78, 5) is 24.7. The molecule has 1 aliphatic heterocycles. The summed E-state index contributed by atoms with van der Waals surface area (Å²) in [6.07, 6.45) is 2.94. The van der Waals surface area contributed by atoms with Crippen LogP contribution in [0.3, 0.4) is 0 Å². The second-order valence-electron chi connectivity index (χ2n) is 4.99. The highest BCUT2D eigenvalue weighted by molar-refractivity contribution is 5.79. The summed E-state index contributed by atoms with van der Waals surface area (Å²) in [7, 11) is 2.09. The maximum atomic E-state index is 11.6. The van der Waals surface area contributed by atoms with Crippen LogP contribution in [0.1, 0.15) is 32.6 Å². The second kappa shape index (κ2) is 6.59. The minimum atomic E-state index is -0.336. The SMILES string of the molecule is C[C@@H](CCC(=O)NC1CCN(C)CC1)C(N)=O. The number of nitrogens with two attached hydrogens (primary N) is 1. The molecule has 2 amide bonds. The zero-order valence-electron chi connectivity index (χ0n) is 10.7. The Hall–Kier alpha value is -1.10. The summed E-state index contributed by atoms with van der Waals surface area (Å²) in [6.45, 7) is 3.82. The molecule has 0 aromatic rings. The van der Waals surface area contributed by atoms with Crippen molar-refractivity contribution in [2.24, 2.45) is 11.7 Å². The smallest absolute Gasteiger partial charge is 0.220 e. The Balaban J connectivity index is 2.19. The Kier molecular flexibility index (Phi) is 5.41. The van der Waals surface area contributed by atoms with Gasteiger partial charge in [0.1, 0.15) is 0 Å². The summed E-state index contributed by atoms with van der Waals surface area (Å²) in [5.74, 6) is -0.525. The molecule has 0 radical (unpaired) electrons. The second-order valence-corrected chi connectivity index (χ2v) is 4.99. The summed E-state index contributed by atoms with van der Waals surface area (Å²) in [5, 5.41) is 3.02. The van der Waals surface area contributed by atoms with E-state index in [9.17, 15) is 9.59 Å². The van der Waals surface area contributed by atoms with Gasteiger partial charge in [0, 0.05) is 18.4 Å². The molecule has 0 aromatic heterocycles. The molecule has 3 N–H and O–H groups in total. The van der Waals surface area contributed by atoms with E-state index in [0.717, 1.165) is 25.9 Å². The van der Waals surface area contributed by atoms with E-state index in [1.165, 1.54) is 0 Å². The van der Waals surface area contributed by atoms with E-state index in [4.69, 9.17) is 5.73 Å². The van der Waals surface area contributed by atoms with Crippen molar-refractivity contribution in [1.82, 2.24) is 10.2 Å². The van der Waals surface area contributed by atoms with Crippen molar-refractivity contribution in [2.45, 2.75) is 38.6 Å². The molecule has 0 spiro atoms. The van der Waals surface area contributed by atoms with Gasteiger partial charge in [-0.1, -0.05) is 6.92 Å². The molecule has 17 heavy (non-hydrogen) atoms. The van der Waals surface area contributed by atoms with Crippen LogP contribution in [0, 0.1) is 5.92 Å². The van der Waals surface area contributed by atoms with Crippen molar-refractivity contribution in [3.8, 4) is 0 Å². The number of nitrogens with zero attached hydrogens (tertiary/aromatic N) is 1. The molecule has 0 saturated carbocycles. The van der Waals surface area contributed by atoms with Gasteiger partial charge in [0.05, 0.1) is 0 Å². The monoisotopic (exact) mass is 241 g/mol. The third-order valence-corrected chi connectivity index (χ3v) is 3.37. The number of carbonyl (C=O) groups is 2. The van der Waals surface area contributed by atoms with Gasteiger partial charge in [-0.2, -0.15) is 0 Å². The first-order valence-electron chi connectivity index (χ1n) is 6.26. The largest absolute Gasteiger partial charge is 0.369 e. The van der Waals surface area contributed by atoms with Gasteiger partial charge in [0.2, 0.25) is 11.8 Å². The van der Waals surface area contributed by atoms with E-state index in [1.54, 1.807) is 6.92 Å². The molecule has 1 aliphatic rings. The van der Waals surface area contributed by atoms with Crippen molar-refractivity contribution in [2.75, 3.05) is 20.1 Å². The maximum absolute atomic E-state index is 11.6. The lowest BCUT2D eigenvalue weighted by atomic mass is 10.0. The Bertz CT molecular complexity index is 273. The lowest BCUT2D eigenvalue weighted by molar-refractivity contribution is -0.123. The predicted molar refractivity (Wildman–Crippen MR) is 66.3 cm³/mol. The number of piperidine rings is 1. The fraction of sp³-hybridized carbons (Fsp3) is 0.833. The zero-order valence-corrected chi connectivity index (χ0v) is 10.7. The molecular weight excluding hydrogens is 218 g/mol. The fourth-order valence-electron chi connectivity index (χ4n) is 1.94. The number of nitrogens with one attached hydrogen (secondary N) is 1. The van der Waals surface area contributed by atoms with Crippen LogP contribution in [-0.2, 0) is 9.59 Å². The first kappa shape index (κ1) is 14.0. The average Bonchev–Trinajstić information content (AvgIpc) is 2.29. The van der Waals surface area contributed by atoms with Gasteiger partial charge in [-0.3, -0.25) is 9.59 Å². The van der Waals surface area contributed by atoms with Crippen molar-refractivity contribution < 1.29 is 9.59 Å². The molecule has 0 aliphatic carbocycles. The molecule has 1 rings (SSSR count). The molecule has 1 fully saturated rings. The van der Waals surface area contributed by atoms with Gasteiger partial charge < -0.3 is 16.0 Å². The van der Waals surface area contributed by atoms with E-state index in [0.29, 0.717) is 18.9 Å². The van der Waals surface area contributed by atoms with E-state index in [-0.39, 0.29) is 17.7 Å². The number of primary amides is 1. The third kappa shape index (κ3) is 5.17. The van der Waals surface area contributed by atoms with Crippen LogP contribution in [0.4, 0.5) is 0 Å². The van der Waals surface area contributed by atoms with E-state index in [2.05, 4.69) is 17.3 Å². The average molecular weight is 241 g/mol. The van der Waals surface area contributed by atoms with E-state index in [1.807, 2.05) is 0 Å². The normalized spacial score (nSPS) is 19.9. The van der Waals surface area contributed by atoms with Gasteiger partial charge in [0.25, 0.3) is 0 Å². The first-order chi connectivity index (χ1) is 7.99. The summed E-state index contributed by atoms with van der Waals surface area (Å²) < 4.78 is 0. The Labute approximate surface area is 103 Å². The standard InChI is InChI=1S/C12H23N3O2/c1-9(12(13)17)3-4-11(16)14-10-5-7-15(2)8-6-10/h9-10H,3-8H2,1-2H3,(H2,13,17)(H,14,16)/t9-/m0/s1. The number of likely N-dealkylation sites (tertiary alicyclic amines) is 1. The highest BCUT2D eigenvalue weighted by Gasteiger charge is 2.19. The topological polar surface area (TPSA) is 75.4 Å². The molecule has 1 atom stereocenters. The molecule has 1 saturated heterocycles. The third-order valence-electron chi connectivity index (χ3n) is 3.37. The number of carbonyl (C=O) groups excluding carboxylic acids is 2. The van der Waals surface area contributed by atoms with Crippen molar-refractivity contribution in [3.05, 3.63) is 0 Å². The maximum Gasteiger partial charge on any atom is 0.220 e. The molecule has 98 valence electrons. The molecule has 0 bridgehead atoms. The van der Waals surface area contributed by atoms with Crippen LogP contribution < -0.4 is 11.1 Å². The summed E-state index contributed by atoms with van der Waals surface area (Å²) in [5.41, 5.74) is 5.15. The number of hydrogen-bond acceptors (Lipinski definition) is 3. The molecular formula is C12H23N3O2. The van der Waals surface area contributed by atoms with Crippen LogP contribution in [0.5, 0.6) is 0 Å². The molecule has 0 aromatic carbocycles. The fourth-order valence-corrected chi connectivity index (χ4v) is 1.94.